The number of nitrogens with zero attached hydrogens (tertiary/aromatic N) is 1. The van der Waals surface area contributed by atoms with Gasteiger partial charge in [0, 0.05) is 18.7 Å². The van der Waals surface area contributed by atoms with E-state index < -0.39 is 11.7 Å². The van der Waals surface area contributed by atoms with Crippen LogP contribution < -0.4 is 0 Å². The Morgan fingerprint density at radius 3 is 2.40 bits per heavy atom. The van der Waals surface area contributed by atoms with Crippen molar-refractivity contribution in [2.24, 2.45) is 0 Å². The zero-order valence-corrected chi connectivity index (χ0v) is 10.8. The summed E-state index contributed by atoms with van der Waals surface area (Å²) in [6.07, 6.45) is 0. The fraction of sp³-hybridized carbons (Fsp3) is 0.357. The number of amides is 1. The van der Waals surface area contributed by atoms with Gasteiger partial charge in [0.05, 0.1) is 18.8 Å². The molecule has 0 saturated heterocycles. The zero-order valence-electron chi connectivity index (χ0n) is 10.8. The number of benzene rings is 1. The first-order chi connectivity index (χ1) is 9.63. The van der Waals surface area contributed by atoms with Gasteiger partial charge in [-0.05, 0) is 18.2 Å². The van der Waals surface area contributed by atoms with Crippen molar-refractivity contribution in [1.29, 1.82) is 0 Å². The van der Waals surface area contributed by atoms with Crippen LogP contribution in [-0.4, -0.2) is 59.0 Å². The monoisotopic (exact) mass is 281 g/mol. The van der Waals surface area contributed by atoms with E-state index in [-0.39, 0.29) is 44.0 Å². The SMILES string of the molecule is O=C(c1cc(F)ccc1C#CCO)N(CCO)CCO. The van der Waals surface area contributed by atoms with Crippen LogP contribution in [0.1, 0.15) is 15.9 Å². The Morgan fingerprint density at radius 2 is 1.85 bits per heavy atom. The molecule has 0 aliphatic rings. The van der Waals surface area contributed by atoms with Crippen molar-refractivity contribution in [3.05, 3.63) is 35.1 Å². The molecule has 0 radical (unpaired) electrons. The summed E-state index contributed by atoms with van der Waals surface area (Å²) in [5, 5.41) is 26.5. The molecule has 1 rings (SSSR count). The minimum Gasteiger partial charge on any atom is -0.395 e. The fourth-order valence-electron chi connectivity index (χ4n) is 1.66. The Balaban J connectivity index is 3.14. The molecule has 0 unspecified atom stereocenters. The second-order valence-corrected chi connectivity index (χ2v) is 3.89. The minimum atomic E-state index is -0.587. The first kappa shape index (κ1) is 16.1. The van der Waals surface area contributed by atoms with Crippen molar-refractivity contribution >= 4 is 5.91 Å². The van der Waals surface area contributed by atoms with Crippen LogP contribution in [0, 0.1) is 17.7 Å². The average molecular weight is 281 g/mol. The number of carbonyl (C=O) groups is 1. The van der Waals surface area contributed by atoms with E-state index in [9.17, 15) is 9.18 Å². The fourth-order valence-corrected chi connectivity index (χ4v) is 1.66. The molecule has 0 aromatic heterocycles. The van der Waals surface area contributed by atoms with E-state index in [1.165, 1.54) is 17.0 Å². The summed E-state index contributed by atoms with van der Waals surface area (Å²) in [6, 6.07) is 3.56. The summed E-state index contributed by atoms with van der Waals surface area (Å²) in [7, 11) is 0. The van der Waals surface area contributed by atoms with Gasteiger partial charge in [-0.2, -0.15) is 0 Å². The molecule has 5 nitrogen and oxygen atoms in total. The van der Waals surface area contributed by atoms with Crippen LogP contribution in [0.25, 0.3) is 0 Å². The molecule has 0 bridgehead atoms. The third-order valence-electron chi connectivity index (χ3n) is 2.54. The van der Waals surface area contributed by atoms with Crippen molar-refractivity contribution in [2.45, 2.75) is 0 Å². The molecular formula is C14H16FNO4. The van der Waals surface area contributed by atoms with E-state index in [1.54, 1.807) is 0 Å². The van der Waals surface area contributed by atoms with Gasteiger partial charge in [-0.25, -0.2) is 4.39 Å². The highest BCUT2D eigenvalue weighted by molar-refractivity contribution is 5.96. The lowest BCUT2D eigenvalue weighted by molar-refractivity contribution is 0.0684. The van der Waals surface area contributed by atoms with Crippen LogP contribution in [0.15, 0.2) is 18.2 Å². The number of aliphatic hydroxyl groups excluding tert-OH is 3. The average Bonchev–Trinajstić information content (AvgIpc) is 2.45. The van der Waals surface area contributed by atoms with Crippen molar-refractivity contribution < 1.29 is 24.5 Å². The Bertz CT molecular complexity index is 516. The lowest BCUT2D eigenvalue weighted by Crippen LogP contribution is -2.36. The first-order valence-electron chi connectivity index (χ1n) is 6.04. The van der Waals surface area contributed by atoms with Crippen molar-refractivity contribution in [2.75, 3.05) is 32.9 Å². The third-order valence-corrected chi connectivity index (χ3v) is 2.54. The van der Waals surface area contributed by atoms with Crippen molar-refractivity contribution in [3.63, 3.8) is 0 Å². The molecule has 0 saturated carbocycles. The molecule has 1 aromatic carbocycles. The largest absolute Gasteiger partial charge is 0.395 e. The van der Waals surface area contributed by atoms with E-state index in [0.29, 0.717) is 0 Å². The van der Waals surface area contributed by atoms with Crippen LogP contribution in [-0.2, 0) is 0 Å². The van der Waals surface area contributed by atoms with E-state index >= 15 is 0 Å². The first-order valence-corrected chi connectivity index (χ1v) is 6.04. The number of rotatable bonds is 5. The molecule has 0 fully saturated rings. The summed E-state index contributed by atoms with van der Waals surface area (Å²) >= 11 is 0. The summed E-state index contributed by atoms with van der Waals surface area (Å²) < 4.78 is 13.3. The molecule has 3 N–H and O–H groups in total. The summed E-state index contributed by atoms with van der Waals surface area (Å²) in [4.78, 5) is 13.5. The quantitative estimate of drug-likeness (QED) is 0.641. The van der Waals surface area contributed by atoms with Crippen LogP contribution in [0.5, 0.6) is 0 Å². The number of hydrogen-bond donors (Lipinski definition) is 3. The number of aliphatic hydroxyl groups is 3. The molecule has 0 spiro atoms. The second kappa shape index (κ2) is 8.27. The molecule has 1 amide bonds. The summed E-state index contributed by atoms with van der Waals surface area (Å²) in [5.74, 6) is 3.85. The van der Waals surface area contributed by atoms with E-state index in [1.807, 2.05) is 0 Å². The van der Waals surface area contributed by atoms with Gasteiger partial charge in [-0.1, -0.05) is 11.8 Å². The summed E-state index contributed by atoms with van der Waals surface area (Å²) in [5.41, 5.74) is 0.319. The number of halogens is 1. The van der Waals surface area contributed by atoms with Gasteiger partial charge in [0.15, 0.2) is 0 Å². The highest BCUT2D eigenvalue weighted by atomic mass is 19.1. The third kappa shape index (κ3) is 4.31. The molecule has 0 heterocycles. The lowest BCUT2D eigenvalue weighted by Gasteiger charge is -2.21. The van der Waals surface area contributed by atoms with Gasteiger partial charge < -0.3 is 20.2 Å². The predicted molar refractivity (Wildman–Crippen MR) is 70.4 cm³/mol. The standard InChI is InChI=1S/C14H16FNO4/c15-12-4-3-11(2-1-7-17)13(10-12)14(20)16(5-8-18)6-9-19/h3-4,10,17-19H,5-9H2. The molecule has 1 aromatic rings. The zero-order chi connectivity index (χ0) is 15.0. The Kier molecular flexibility index (Phi) is 6.67. The van der Waals surface area contributed by atoms with E-state index in [4.69, 9.17) is 15.3 Å². The summed E-state index contributed by atoms with van der Waals surface area (Å²) in [6.45, 7) is -0.842. The molecule has 20 heavy (non-hydrogen) atoms. The number of hydrogen-bond acceptors (Lipinski definition) is 4. The predicted octanol–water partition coefficient (Wildman–Crippen LogP) is -0.404. The molecule has 6 heteroatoms. The van der Waals surface area contributed by atoms with Gasteiger partial charge in [-0.15, -0.1) is 0 Å². The Labute approximate surface area is 116 Å². The van der Waals surface area contributed by atoms with Crippen LogP contribution >= 0.6 is 0 Å². The van der Waals surface area contributed by atoms with Gasteiger partial charge in [0.1, 0.15) is 12.4 Å². The Morgan fingerprint density at radius 1 is 1.20 bits per heavy atom. The van der Waals surface area contributed by atoms with Crippen LogP contribution in [0.3, 0.4) is 0 Å². The van der Waals surface area contributed by atoms with Gasteiger partial charge in [-0.3, -0.25) is 4.79 Å². The normalized spacial score (nSPS) is 9.80. The van der Waals surface area contributed by atoms with Crippen molar-refractivity contribution in [3.8, 4) is 11.8 Å². The van der Waals surface area contributed by atoms with Gasteiger partial charge in [0.2, 0.25) is 0 Å². The van der Waals surface area contributed by atoms with Gasteiger partial charge in [0.25, 0.3) is 5.91 Å². The molecule has 0 aliphatic carbocycles. The maximum absolute atomic E-state index is 13.3. The Hall–Kier alpha value is -1.94. The molecule has 0 atom stereocenters. The van der Waals surface area contributed by atoms with Crippen LogP contribution in [0.4, 0.5) is 4.39 Å². The second-order valence-electron chi connectivity index (χ2n) is 3.89. The molecule has 0 aliphatic heterocycles. The van der Waals surface area contributed by atoms with Crippen molar-refractivity contribution in [1.82, 2.24) is 4.90 Å². The van der Waals surface area contributed by atoms with E-state index in [2.05, 4.69) is 11.8 Å². The van der Waals surface area contributed by atoms with Crippen LogP contribution in [0.2, 0.25) is 0 Å². The minimum absolute atomic E-state index is 0.0305. The van der Waals surface area contributed by atoms with Gasteiger partial charge >= 0.3 is 0 Å². The number of carbonyl (C=O) groups excluding carboxylic acids is 1. The highest BCUT2D eigenvalue weighted by Gasteiger charge is 2.18. The highest BCUT2D eigenvalue weighted by Crippen LogP contribution is 2.13. The smallest absolute Gasteiger partial charge is 0.255 e. The maximum Gasteiger partial charge on any atom is 0.255 e. The molecule has 108 valence electrons. The molecular weight excluding hydrogens is 265 g/mol. The lowest BCUT2D eigenvalue weighted by atomic mass is 10.1. The van der Waals surface area contributed by atoms with E-state index in [0.717, 1.165) is 6.07 Å². The topological polar surface area (TPSA) is 81.0 Å². The maximum atomic E-state index is 13.3.